The van der Waals surface area contributed by atoms with Gasteiger partial charge in [0.1, 0.15) is 5.69 Å². The van der Waals surface area contributed by atoms with E-state index in [1.807, 2.05) is 0 Å². The van der Waals surface area contributed by atoms with Gasteiger partial charge in [-0.05, 0) is 18.2 Å². The minimum Gasteiger partial charge on any atom is -0.375 e. The molecule has 0 aliphatic rings. The van der Waals surface area contributed by atoms with E-state index in [2.05, 4.69) is 20.3 Å². The molecule has 0 spiro atoms. The molecular weight excluding hydrogens is 294 g/mol. The van der Waals surface area contributed by atoms with Crippen molar-refractivity contribution in [3.8, 4) is 0 Å². The first kappa shape index (κ1) is 13.1. The number of nitrogen functional groups attached to an aromatic ring is 1. The molecule has 8 nitrogen and oxygen atoms in total. The fourth-order valence-corrected chi connectivity index (χ4v) is 2.32. The molecule has 1 amide bonds. The van der Waals surface area contributed by atoms with E-state index in [9.17, 15) is 14.4 Å². The largest absolute Gasteiger partial charge is 0.375 e. The van der Waals surface area contributed by atoms with Gasteiger partial charge >= 0.3 is 11.1 Å². The van der Waals surface area contributed by atoms with Crippen LogP contribution in [0.2, 0.25) is 0 Å². The van der Waals surface area contributed by atoms with Crippen molar-refractivity contribution in [2.24, 2.45) is 0 Å². The SMILES string of the molecule is Nc1nc(C(=O)Nc2ccc3[nH]c(=O)c(=O)[nH]c3c2)cs1. The van der Waals surface area contributed by atoms with Crippen LogP contribution in [0.15, 0.2) is 33.2 Å². The van der Waals surface area contributed by atoms with Crippen LogP contribution < -0.4 is 22.2 Å². The molecule has 9 heteroatoms. The molecular formula is C12H9N5O3S. The van der Waals surface area contributed by atoms with Gasteiger partial charge in [-0.1, -0.05) is 0 Å². The predicted molar refractivity (Wildman–Crippen MR) is 79.7 cm³/mol. The van der Waals surface area contributed by atoms with Crippen LogP contribution in [0.1, 0.15) is 10.5 Å². The number of thiazole rings is 1. The number of fused-ring (bicyclic) bond motifs is 1. The summed E-state index contributed by atoms with van der Waals surface area (Å²) >= 11 is 1.17. The van der Waals surface area contributed by atoms with E-state index in [1.54, 1.807) is 23.6 Å². The maximum Gasteiger partial charge on any atom is 0.314 e. The van der Waals surface area contributed by atoms with Crippen LogP contribution >= 0.6 is 11.3 Å². The molecule has 1 aromatic carbocycles. The lowest BCUT2D eigenvalue weighted by molar-refractivity contribution is 0.102. The van der Waals surface area contributed by atoms with Crippen LogP contribution in [0, 0.1) is 0 Å². The number of hydrogen-bond acceptors (Lipinski definition) is 6. The van der Waals surface area contributed by atoms with E-state index >= 15 is 0 Å². The Hall–Kier alpha value is -2.94. The third kappa shape index (κ3) is 2.54. The second-order valence-electron chi connectivity index (χ2n) is 4.19. The Morgan fingerprint density at radius 1 is 1.19 bits per heavy atom. The Balaban J connectivity index is 1.94. The molecule has 0 unspecified atom stereocenters. The number of anilines is 2. The normalized spacial score (nSPS) is 10.7. The highest BCUT2D eigenvalue weighted by molar-refractivity contribution is 7.13. The molecule has 106 valence electrons. The van der Waals surface area contributed by atoms with Crippen molar-refractivity contribution < 1.29 is 4.79 Å². The average Bonchev–Trinajstić information content (AvgIpc) is 2.87. The van der Waals surface area contributed by atoms with Crippen LogP contribution in [-0.2, 0) is 0 Å². The summed E-state index contributed by atoms with van der Waals surface area (Å²) in [6.45, 7) is 0. The Morgan fingerprint density at radius 3 is 2.57 bits per heavy atom. The number of benzene rings is 1. The molecule has 2 heterocycles. The van der Waals surface area contributed by atoms with Gasteiger partial charge in [0.15, 0.2) is 5.13 Å². The molecule has 3 aromatic rings. The standard InChI is InChI=1S/C12H9N5O3S/c13-12-17-8(4-21-12)9(18)14-5-1-2-6-7(3-5)16-11(20)10(19)15-6/h1-4H,(H2,13,17)(H,14,18)(H,15,19)(H,16,20). The second-order valence-corrected chi connectivity index (χ2v) is 5.08. The van der Waals surface area contributed by atoms with E-state index in [4.69, 9.17) is 5.73 Å². The Kier molecular flexibility index (Phi) is 3.03. The first-order chi connectivity index (χ1) is 10.0. The molecule has 0 radical (unpaired) electrons. The molecule has 0 saturated carbocycles. The number of amides is 1. The van der Waals surface area contributed by atoms with Crippen molar-refractivity contribution in [2.75, 3.05) is 11.1 Å². The van der Waals surface area contributed by atoms with Gasteiger partial charge in [-0.2, -0.15) is 0 Å². The lowest BCUT2D eigenvalue weighted by Gasteiger charge is -2.04. The van der Waals surface area contributed by atoms with Gasteiger partial charge in [0, 0.05) is 11.1 Å². The monoisotopic (exact) mass is 303 g/mol. The summed E-state index contributed by atoms with van der Waals surface area (Å²) in [5, 5.41) is 4.49. The zero-order valence-electron chi connectivity index (χ0n) is 10.5. The summed E-state index contributed by atoms with van der Waals surface area (Å²) in [7, 11) is 0. The lowest BCUT2D eigenvalue weighted by atomic mass is 10.2. The van der Waals surface area contributed by atoms with Crippen molar-refractivity contribution in [2.45, 2.75) is 0 Å². The van der Waals surface area contributed by atoms with Crippen LogP contribution in [0.3, 0.4) is 0 Å². The van der Waals surface area contributed by atoms with Crippen LogP contribution in [0.5, 0.6) is 0 Å². The number of H-pyrrole nitrogens is 2. The lowest BCUT2D eigenvalue weighted by Crippen LogP contribution is -2.28. The van der Waals surface area contributed by atoms with Gasteiger partial charge in [-0.15, -0.1) is 11.3 Å². The quantitative estimate of drug-likeness (QED) is 0.512. The maximum absolute atomic E-state index is 11.9. The van der Waals surface area contributed by atoms with Crippen LogP contribution in [0.4, 0.5) is 10.8 Å². The molecule has 0 aliphatic heterocycles. The highest BCUT2D eigenvalue weighted by Crippen LogP contribution is 2.16. The summed E-state index contributed by atoms with van der Waals surface area (Å²) in [6, 6.07) is 4.72. The molecule has 5 N–H and O–H groups in total. The summed E-state index contributed by atoms with van der Waals surface area (Å²) < 4.78 is 0. The molecule has 3 rings (SSSR count). The van der Waals surface area contributed by atoms with Gasteiger partial charge in [-0.3, -0.25) is 14.4 Å². The van der Waals surface area contributed by atoms with Gasteiger partial charge in [0.25, 0.3) is 5.91 Å². The second kappa shape index (κ2) is 4.87. The fourth-order valence-electron chi connectivity index (χ4n) is 1.78. The Morgan fingerprint density at radius 2 is 1.90 bits per heavy atom. The van der Waals surface area contributed by atoms with Gasteiger partial charge < -0.3 is 21.0 Å². The third-order valence-corrected chi connectivity index (χ3v) is 3.41. The highest BCUT2D eigenvalue weighted by atomic mass is 32.1. The molecule has 0 fully saturated rings. The molecule has 0 saturated heterocycles. The number of nitrogens with one attached hydrogen (secondary N) is 3. The van der Waals surface area contributed by atoms with Gasteiger partial charge in [0.05, 0.1) is 11.0 Å². The number of rotatable bonds is 2. The van der Waals surface area contributed by atoms with Gasteiger partial charge in [-0.25, -0.2) is 4.98 Å². The number of hydrogen-bond donors (Lipinski definition) is 4. The number of carbonyl (C=O) groups is 1. The van der Waals surface area contributed by atoms with Crippen molar-refractivity contribution in [3.63, 3.8) is 0 Å². The third-order valence-electron chi connectivity index (χ3n) is 2.73. The topological polar surface area (TPSA) is 134 Å². The molecule has 2 aromatic heterocycles. The number of carbonyl (C=O) groups excluding carboxylic acids is 1. The van der Waals surface area contributed by atoms with E-state index in [-0.39, 0.29) is 5.69 Å². The van der Waals surface area contributed by atoms with E-state index in [0.29, 0.717) is 21.9 Å². The van der Waals surface area contributed by atoms with Gasteiger partial charge in [0.2, 0.25) is 0 Å². The average molecular weight is 303 g/mol. The molecule has 21 heavy (non-hydrogen) atoms. The zero-order valence-corrected chi connectivity index (χ0v) is 11.3. The minimum absolute atomic E-state index is 0.215. The Bertz CT molecular complexity index is 955. The van der Waals surface area contributed by atoms with Crippen molar-refractivity contribution >= 4 is 39.1 Å². The number of aromatic amines is 2. The molecule has 0 aliphatic carbocycles. The van der Waals surface area contributed by atoms with E-state index in [1.165, 1.54) is 11.3 Å². The highest BCUT2D eigenvalue weighted by Gasteiger charge is 2.10. The number of nitrogens with zero attached hydrogens (tertiary/aromatic N) is 1. The zero-order chi connectivity index (χ0) is 15.0. The van der Waals surface area contributed by atoms with Crippen molar-refractivity contribution in [1.29, 1.82) is 0 Å². The Labute approximate surface area is 120 Å². The van der Waals surface area contributed by atoms with E-state index in [0.717, 1.165) is 0 Å². The van der Waals surface area contributed by atoms with Crippen molar-refractivity contribution in [3.05, 3.63) is 50.0 Å². The summed E-state index contributed by atoms with van der Waals surface area (Å²) in [6.07, 6.45) is 0. The molecule has 0 bridgehead atoms. The summed E-state index contributed by atoms with van der Waals surface area (Å²) in [5.41, 5.74) is 5.55. The minimum atomic E-state index is -0.752. The summed E-state index contributed by atoms with van der Waals surface area (Å²) in [5.74, 6) is -0.408. The smallest absolute Gasteiger partial charge is 0.314 e. The fraction of sp³-hybridized carbons (Fsp3) is 0. The van der Waals surface area contributed by atoms with Crippen molar-refractivity contribution in [1.82, 2.24) is 15.0 Å². The predicted octanol–water partition coefficient (Wildman–Crippen LogP) is 0.507. The first-order valence-corrected chi connectivity index (χ1v) is 6.69. The van der Waals surface area contributed by atoms with E-state index < -0.39 is 17.0 Å². The maximum atomic E-state index is 11.9. The number of aromatic nitrogens is 3. The number of nitrogens with two attached hydrogens (primary N) is 1. The van der Waals surface area contributed by atoms with Crippen LogP contribution in [0.25, 0.3) is 11.0 Å². The first-order valence-electron chi connectivity index (χ1n) is 5.81. The summed E-state index contributed by atoms with van der Waals surface area (Å²) in [4.78, 5) is 43.1. The van der Waals surface area contributed by atoms with Crippen LogP contribution in [-0.4, -0.2) is 20.9 Å². The molecule has 0 atom stereocenters.